The van der Waals surface area contributed by atoms with Crippen LogP contribution in [0.1, 0.15) is 33.1 Å². The molecule has 0 N–H and O–H groups in total. The quantitative estimate of drug-likeness (QED) is 0.643. The lowest BCUT2D eigenvalue weighted by atomic mass is 9.69. The van der Waals surface area contributed by atoms with Crippen molar-refractivity contribution in [2.75, 3.05) is 6.61 Å². The van der Waals surface area contributed by atoms with Crippen molar-refractivity contribution in [3.05, 3.63) is 0 Å². The monoisotopic (exact) mass is 196 g/mol. The highest BCUT2D eigenvalue weighted by molar-refractivity contribution is 5.90. The molecule has 0 radical (unpaired) electrons. The van der Waals surface area contributed by atoms with E-state index in [2.05, 4.69) is 13.8 Å². The molecule has 2 rings (SSSR count). The van der Waals surface area contributed by atoms with Gasteiger partial charge in [0.25, 0.3) is 6.47 Å². The average Bonchev–Trinajstić information content (AvgIpc) is 2.48. The minimum atomic E-state index is -0.376. The molecule has 78 valence electrons. The molecular formula is C11H16O3. The molecule has 0 aromatic carbocycles. The van der Waals surface area contributed by atoms with Gasteiger partial charge in [-0.15, -0.1) is 0 Å². The Bertz CT molecular complexity index is 282. The molecule has 2 atom stereocenters. The van der Waals surface area contributed by atoms with Gasteiger partial charge in [0.1, 0.15) is 12.4 Å². The Balaban J connectivity index is 2.29. The summed E-state index contributed by atoms with van der Waals surface area (Å²) in [5, 5.41) is 0. The number of carbonyl (C=O) groups is 2. The highest BCUT2D eigenvalue weighted by atomic mass is 16.5. The largest absolute Gasteiger partial charge is 0.467 e. The zero-order valence-electron chi connectivity index (χ0n) is 8.71. The second kappa shape index (κ2) is 2.81. The zero-order valence-corrected chi connectivity index (χ0v) is 8.71. The summed E-state index contributed by atoms with van der Waals surface area (Å²) in [6.07, 6.45) is 2.66. The summed E-state index contributed by atoms with van der Waals surface area (Å²) < 4.78 is 4.84. The van der Waals surface area contributed by atoms with E-state index in [0.717, 1.165) is 12.8 Å². The van der Waals surface area contributed by atoms with E-state index in [0.29, 0.717) is 24.6 Å². The number of carbonyl (C=O) groups excluding carboxylic acids is 2. The SMILES string of the molecule is CC1(C)C2CCC1(COC=O)C(=O)C2. The van der Waals surface area contributed by atoms with Crippen LogP contribution in [0.2, 0.25) is 0 Å². The van der Waals surface area contributed by atoms with Crippen LogP contribution in [0.5, 0.6) is 0 Å². The molecule has 0 amide bonds. The fourth-order valence-electron chi connectivity index (χ4n) is 3.28. The third-order valence-corrected chi connectivity index (χ3v) is 4.54. The molecule has 0 aromatic rings. The van der Waals surface area contributed by atoms with Gasteiger partial charge in [0.2, 0.25) is 0 Å². The van der Waals surface area contributed by atoms with E-state index in [9.17, 15) is 9.59 Å². The number of hydrogen-bond acceptors (Lipinski definition) is 3. The zero-order chi connectivity index (χ0) is 10.4. The summed E-state index contributed by atoms with van der Waals surface area (Å²) in [5.41, 5.74) is -0.369. The van der Waals surface area contributed by atoms with Gasteiger partial charge in [-0.3, -0.25) is 9.59 Å². The first-order valence-corrected chi connectivity index (χ1v) is 5.13. The fraction of sp³-hybridized carbons (Fsp3) is 0.818. The lowest BCUT2D eigenvalue weighted by molar-refractivity contribution is -0.141. The van der Waals surface area contributed by atoms with Gasteiger partial charge in [0, 0.05) is 6.42 Å². The molecule has 0 aromatic heterocycles. The Morgan fingerprint density at radius 2 is 2.29 bits per heavy atom. The van der Waals surface area contributed by atoms with E-state index in [1.807, 2.05) is 0 Å². The van der Waals surface area contributed by atoms with Gasteiger partial charge in [0.15, 0.2) is 0 Å². The molecule has 3 heteroatoms. The lowest BCUT2D eigenvalue weighted by Crippen LogP contribution is -2.40. The van der Waals surface area contributed by atoms with Crippen molar-refractivity contribution in [3.8, 4) is 0 Å². The smallest absolute Gasteiger partial charge is 0.293 e. The summed E-state index contributed by atoms with van der Waals surface area (Å²) in [6, 6.07) is 0. The van der Waals surface area contributed by atoms with E-state index in [4.69, 9.17) is 4.74 Å². The normalized spacial score (nSPS) is 38.7. The van der Waals surface area contributed by atoms with Gasteiger partial charge in [-0.2, -0.15) is 0 Å². The van der Waals surface area contributed by atoms with Crippen molar-refractivity contribution in [2.45, 2.75) is 33.1 Å². The highest BCUT2D eigenvalue weighted by Gasteiger charge is 2.64. The Kier molecular flexibility index (Phi) is 1.95. The Morgan fingerprint density at radius 3 is 2.71 bits per heavy atom. The van der Waals surface area contributed by atoms with Crippen LogP contribution < -0.4 is 0 Å². The first-order valence-electron chi connectivity index (χ1n) is 5.13. The van der Waals surface area contributed by atoms with Crippen molar-refractivity contribution < 1.29 is 14.3 Å². The van der Waals surface area contributed by atoms with E-state index in [-0.39, 0.29) is 17.4 Å². The van der Waals surface area contributed by atoms with Crippen molar-refractivity contribution in [2.24, 2.45) is 16.7 Å². The molecular weight excluding hydrogens is 180 g/mol. The molecule has 0 saturated heterocycles. The maximum atomic E-state index is 11.9. The number of fused-ring (bicyclic) bond motifs is 2. The van der Waals surface area contributed by atoms with Crippen molar-refractivity contribution >= 4 is 12.3 Å². The standard InChI is InChI=1S/C11H16O3/c1-10(2)8-3-4-11(10,6-14-7-12)9(13)5-8/h7-8H,3-6H2,1-2H3. The van der Waals surface area contributed by atoms with Gasteiger partial charge in [-0.1, -0.05) is 13.8 Å². The van der Waals surface area contributed by atoms with Gasteiger partial charge in [-0.25, -0.2) is 0 Å². The van der Waals surface area contributed by atoms with Crippen LogP contribution in [0.4, 0.5) is 0 Å². The van der Waals surface area contributed by atoms with Crippen LogP contribution in [0.25, 0.3) is 0 Å². The lowest BCUT2D eigenvalue weighted by Gasteiger charge is -2.35. The molecule has 2 aliphatic rings. The number of Topliss-reactive ketones (excluding diaryl/α,β-unsaturated/α-hetero) is 1. The summed E-state index contributed by atoms with van der Waals surface area (Å²) in [6.45, 7) is 4.98. The molecule has 3 nitrogen and oxygen atoms in total. The molecule has 2 fully saturated rings. The summed E-state index contributed by atoms with van der Waals surface area (Å²) in [5.74, 6) is 0.783. The van der Waals surface area contributed by atoms with Crippen LogP contribution in [0.15, 0.2) is 0 Å². The number of ketones is 1. The summed E-state index contributed by atoms with van der Waals surface area (Å²) >= 11 is 0. The number of hydrogen-bond donors (Lipinski definition) is 0. The molecule has 2 unspecified atom stereocenters. The van der Waals surface area contributed by atoms with Crippen molar-refractivity contribution in [1.29, 1.82) is 0 Å². The van der Waals surface area contributed by atoms with Crippen LogP contribution >= 0.6 is 0 Å². The van der Waals surface area contributed by atoms with Crippen molar-refractivity contribution in [3.63, 3.8) is 0 Å². The van der Waals surface area contributed by atoms with Gasteiger partial charge in [-0.05, 0) is 24.2 Å². The van der Waals surface area contributed by atoms with Crippen LogP contribution in [0, 0.1) is 16.7 Å². The minimum Gasteiger partial charge on any atom is -0.467 e. The van der Waals surface area contributed by atoms with E-state index in [1.165, 1.54) is 0 Å². The third-order valence-electron chi connectivity index (χ3n) is 4.54. The Labute approximate surface area is 83.8 Å². The molecule has 2 aliphatic carbocycles. The predicted molar refractivity (Wildman–Crippen MR) is 50.6 cm³/mol. The van der Waals surface area contributed by atoms with E-state index >= 15 is 0 Å². The Hall–Kier alpha value is -0.860. The van der Waals surface area contributed by atoms with E-state index < -0.39 is 0 Å². The van der Waals surface area contributed by atoms with Gasteiger partial charge in [0.05, 0.1) is 5.41 Å². The van der Waals surface area contributed by atoms with Crippen molar-refractivity contribution in [1.82, 2.24) is 0 Å². The van der Waals surface area contributed by atoms with Crippen LogP contribution in [0.3, 0.4) is 0 Å². The molecule has 2 bridgehead atoms. The van der Waals surface area contributed by atoms with E-state index in [1.54, 1.807) is 0 Å². The maximum absolute atomic E-state index is 11.9. The maximum Gasteiger partial charge on any atom is 0.293 e. The molecule has 0 spiro atoms. The molecule has 2 saturated carbocycles. The fourth-order valence-corrected chi connectivity index (χ4v) is 3.28. The second-order valence-electron chi connectivity index (χ2n) is 5.07. The highest BCUT2D eigenvalue weighted by Crippen LogP contribution is 2.63. The number of rotatable bonds is 3. The van der Waals surface area contributed by atoms with Gasteiger partial charge < -0.3 is 4.74 Å². The summed E-state index contributed by atoms with van der Waals surface area (Å²) in [4.78, 5) is 22.1. The van der Waals surface area contributed by atoms with Crippen LogP contribution in [-0.4, -0.2) is 18.9 Å². The molecule has 0 aliphatic heterocycles. The molecule has 14 heavy (non-hydrogen) atoms. The first-order chi connectivity index (χ1) is 6.54. The van der Waals surface area contributed by atoms with Gasteiger partial charge >= 0.3 is 0 Å². The topological polar surface area (TPSA) is 43.4 Å². The Morgan fingerprint density at radius 1 is 1.57 bits per heavy atom. The third kappa shape index (κ3) is 0.928. The average molecular weight is 196 g/mol. The minimum absolute atomic E-state index is 0.00704. The second-order valence-corrected chi connectivity index (χ2v) is 5.07. The predicted octanol–water partition coefficient (Wildman–Crippen LogP) is 1.55. The van der Waals surface area contributed by atoms with Crippen LogP contribution in [-0.2, 0) is 14.3 Å². The first kappa shape index (κ1) is 9.69. The number of ether oxygens (including phenoxy) is 1. The molecule has 0 heterocycles. The summed E-state index contributed by atoms with van der Waals surface area (Å²) in [7, 11) is 0.